The largest absolute Gasteiger partial charge is 0.468 e. The van der Waals surface area contributed by atoms with Crippen LogP contribution in [0.2, 0.25) is 0 Å². The van der Waals surface area contributed by atoms with Crippen LogP contribution in [0, 0.1) is 0 Å². The Balaban J connectivity index is 1.91. The Bertz CT molecular complexity index is 850. The van der Waals surface area contributed by atoms with Crippen LogP contribution in [0.5, 0.6) is 0 Å². The van der Waals surface area contributed by atoms with Gasteiger partial charge in [-0.1, -0.05) is 42.5 Å². The Labute approximate surface area is 147 Å². The van der Waals surface area contributed by atoms with Crippen molar-refractivity contribution in [1.29, 1.82) is 0 Å². The van der Waals surface area contributed by atoms with Crippen molar-refractivity contribution in [2.24, 2.45) is 5.73 Å². The molecule has 1 aliphatic heterocycles. The van der Waals surface area contributed by atoms with Crippen molar-refractivity contribution in [2.45, 2.75) is 23.4 Å². The molecule has 7 heteroatoms. The maximum absolute atomic E-state index is 12.9. The van der Waals surface area contributed by atoms with Crippen molar-refractivity contribution < 1.29 is 17.9 Å². The first kappa shape index (κ1) is 17.6. The Morgan fingerprint density at radius 1 is 1.08 bits per heavy atom. The van der Waals surface area contributed by atoms with Gasteiger partial charge in [0.15, 0.2) is 0 Å². The lowest BCUT2D eigenvalue weighted by Crippen LogP contribution is -2.41. The van der Waals surface area contributed by atoms with E-state index in [1.807, 2.05) is 30.3 Å². The zero-order valence-electron chi connectivity index (χ0n) is 13.8. The van der Waals surface area contributed by atoms with Gasteiger partial charge in [-0.05, 0) is 29.7 Å². The Morgan fingerprint density at radius 2 is 1.68 bits per heavy atom. The fraction of sp³-hybridized carbons (Fsp3) is 0.278. The maximum atomic E-state index is 12.9. The summed E-state index contributed by atoms with van der Waals surface area (Å²) in [6, 6.07) is 15.0. The summed E-state index contributed by atoms with van der Waals surface area (Å²) in [6.45, 7) is 0.0997. The van der Waals surface area contributed by atoms with Crippen molar-refractivity contribution in [1.82, 2.24) is 4.31 Å². The summed E-state index contributed by atoms with van der Waals surface area (Å²) >= 11 is 0. The van der Waals surface area contributed by atoms with Crippen LogP contribution in [-0.4, -0.2) is 44.4 Å². The summed E-state index contributed by atoms with van der Waals surface area (Å²) in [5, 5.41) is 0. The number of esters is 1. The zero-order chi connectivity index (χ0) is 18.0. The number of rotatable bonds is 4. The minimum atomic E-state index is -3.82. The average Bonchev–Trinajstić information content (AvgIpc) is 3.04. The molecule has 2 aromatic rings. The van der Waals surface area contributed by atoms with Crippen LogP contribution in [0.25, 0.3) is 11.1 Å². The highest BCUT2D eigenvalue weighted by molar-refractivity contribution is 7.89. The second kappa shape index (κ2) is 6.95. The Morgan fingerprint density at radius 3 is 2.28 bits per heavy atom. The highest BCUT2D eigenvalue weighted by Crippen LogP contribution is 2.28. The van der Waals surface area contributed by atoms with Crippen LogP contribution >= 0.6 is 0 Å². The lowest BCUT2D eigenvalue weighted by molar-refractivity contribution is -0.144. The quantitative estimate of drug-likeness (QED) is 0.837. The van der Waals surface area contributed by atoms with E-state index in [4.69, 9.17) is 10.5 Å². The predicted octanol–water partition coefficient (Wildman–Crippen LogP) is 1.62. The van der Waals surface area contributed by atoms with E-state index >= 15 is 0 Å². The average molecular weight is 360 g/mol. The molecular formula is C18H20N2O4S. The number of methoxy groups -OCH3 is 1. The summed E-state index contributed by atoms with van der Waals surface area (Å²) < 4.78 is 31.7. The van der Waals surface area contributed by atoms with Gasteiger partial charge in [0.25, 0.3) is 0 Å². The molecule has 0 amide bonds. The van der Waals surface area contributed by atoms with Crippen molar-refractivity contribution in [2.75, 3.05) is 13.7 Å². The van der Waals surface area contributed by atoms with E-state index in [0.717, 1.165) is 15.4 Å². The summed E-state index contributed by atoms with van der Waals surface area (Å²) in [4.78, 5) is 12.0. The molecule has 0 spiro atoms. The van der Waals surface area contributed by atoms with Gasteiger partial charge in [-0.2, -0.15) is 4.31 Å². The number of ether oxygens (including phenoxy) is 1. The molecule has 0 unspecified atom stereocenters. The number of hydrogen-bond donors (Lipinski definition) is 1. The van der Waals surface area contributed by atoms with Gasteiger partial charge in [0.1, 0.15) is 6.04 Å². The van der Waals surface area contributed by atoms with Crippen molar-refractivity contribution in [3.05, 3.63) is 54.6 Å². The normalized spacial score (nSPS) is 21.2. The topological polar surface area (TPSA) is 89.7 Å². The number of sulfonamides is 1. The molecule has 132 valence electrons. The smallest absolute Gasteiger partial charge is 0.324 e. The predicted molar refractivity (Wildman–Crippen MR) is 94.2 cm³/mol. The Hall–Kier alpha value is -2.22. The third kappa shape index (κ3) is 3.44. The summed E-state index contributed by atoms with van der Waals surface area (Å²) in [5.41, 5.74) is 7.79. The molecule has 0 saturated carbocycles. The SMILES string of the molecule is COC(=O)[C@@H]1C[C@H](N)CN1S(=O)(=O)c1ccc(-c2ccccc2)cc1. The van der Waals surface area contributed by atoms with Gasteiger partial charge in [-0.3, -0.25) is 4.79 Å². The molecule has 25 heavy (non-hydrogen) atoms. The van der Waals surface area contributed by atoms with Crippen LogP contribution < -0.4 is 5.73 Å². The fourth-order valence-electron chi connectivity index (χ4n) is 3.04. The zero-order valence-corrected chi connectivity index (χ0v) is 14.6. The van der Waals surface area contributed by atoms with Gasteiger partial charge in [0, 0.05) is 12.6 Å². The third-order valence-corrected chi connectivity index (χ3v) is 6.22. The fourth-order valence-corrected chi connectivity index (χ4v) is 4.68. The summed E-state index contributed by atoms with van der Waals surface area (Å²) in [7, 11) is -2.58. The molecule has 0 bridgehead atoms. The van der Waals surface area contributed by atoms with E-state index in [2.05, 4.69) is 0 Å². The first-order valence-electron chi connectivity index (χ1n) is 7.94. The maximum Gasteiger partial charge on any atom is 0.324 e. The highest BCUT2D eigenvalue weighted by atomic mass is 32.2. The lowest BCUT2D eigenvalue weighted by Gasteiger charge is -2.22. The van der Waals surface area contributed by atoms with Crippen LogP contribution in [0.15, 0.2) is 59.5 Å². The molecule has 3 rings (SSSR count). The summed E-state index contributed by atoms with van der Waals surface area (Å²) in [5.74, 6) is -0.586. The van der Waals surface area contributed by atoms with Crippen molar-refractivity contribution in [3.63, 3.8) is 0 Å². The van der Waals surface area contributed by atoms with Crippen molar-refractivity contribution >= 4 is 16.0 Å². The first-order chi connectivity index (χ1) is 11.9. The van der Waals surface area contributed by atoms with Crippen LogP contribution in [0.3, 0.4) is 0 Å². The molecule has 0 aliphatic carbocycles. The molecule has 2 atom stereocenters. The van der Waals surface area contributed by atoms with E-state index in [1.165, 1.54) is 7.11 Å². The molecule has 2 aromatic carbocycles. The minimum Gasteiger partial charge on any atom is -0.468 e. The summed E-state index contributed by atoms with van der Waals surface area (Å²) in [6.07, 6.45) is 0.258. The molecule has 0 radical (unpaired) electrons. The van der Waals surface area contributed by atoms with Crippen LogP contribution in [-0.2, 0) is 19.6 Å². The molecule has 1 fully saturated rings. The van der Waals surface area contributed by atoms with E-state index in [-0.39, 0.29) is 23.9 Å². The second-order valence-electron chi connectivity index (χ2n) is 6.00. The first-order valence-corrected chi connectivity index (χ1v) is 9.38. The van der Waals surface area contributed by atoms with Crippen LogP contribution in [0.1, 0.15) is 6.42 Å². The number of carbonyl (C=O) groups excluding carboxylic acids is 1. The van der Waals surface area contributed by atoms with Crippen molar-refractivity contribution in [3.8, 4) is 11.1 Å². The van der Waals surface area contributed by atoms with Gasteiger partial charge in [0.05, 0.1) is 12.0 Å². The Kier molecular flexibility index (Phi) is 4.89. The highest BCUT2D eigenvalue weighted by Gasteiger charge is 2.43. The van der Waals surface area contributed by atoms with Gasteiger partial charge in [0.2, 0.25) is 10.0 Å². The number of hydrogen-bond acceptors (Lipinski definition) is 5. The van der Waals surface area contributed by atoms with E-state index in [0.29, 0.717) is 0 Å². The number of nitrogens with two attached hydrogens (primary N) is 1. The lowest BCUT2D eigenvalue weighted by atomic mass is 10.1. The minimum absolute atomic E-state index is 0.0997. The second-order valence-corrected chi connectivity index (χ2v) is 7.89. The molecule has 1 aliphatic rings. The van der Waals surface area contributed by atoms with Gasteiger partial charge in [-0.15, -0.1) is 0 Å². The number of nitrogens with zero attached hydrogens (tertiary/aromatic N) is 1. The van der Waals surface area contributed by atoms with E-state index in [9.17, 15) is 13.2 Å². The number of benzene rings is 2. The standard InChI is InChI=1S/C18H20N2O4S/c1-24-18(21)17-11-15(19)12-20(17)25(22,23)16-9-7-14(8-10-16)13-5-3-2-4-6-13/h2-10,15,17H,11-12,19H2,1H3/t15-,17-/m0/s1. The molecule has 0 aromatic heterocycles. The monoisotopic (exact) mass is 360 g/mol. The van der Waals surface area contributed by atoms with Gasteiger partial charge < -0.3 is 10.5 Å². The van der Waals surface area contributed by atoms with Crippen LogP contribution in [0.4, 0.5) is 0 Å². The van der Waals surface area contributed by atoms with Gasteiger partial charge in [-0.25, -0.2) is 8.42 Å². The molecule has 1 saturated heterocycles. The molecule has 2 N–H and O–H groups in total. The van der Waals surface area contributed by atoms with E-state index < -0.39 is 22.0 Å². The van der Waals surface area contributed by atoms with Gasteiger partial charge >= 0.3 is 5.97 Å². The third-order valence-electron chi connectivity index (χ3n) is 4.33. The number of carbonyl (C=O) groups is 1. The van der Waals surface area contributed by atoms with E-state index in [1.54, 1.807) is 24.3 Å². The molecule has 6 nitrogen and oxygen atoms in total. The molecular weight excluding hydrogens is 340 g/mol. The molecule has 1 heterocycles.